The van der Waals surface area contributed by atoms with Gasteiger partial charge in [0, 0.05) is 24.2 Å². The van der Waals surface area contributed by atoms with Crippen molar-refractivity contribution in [3.8, 4) is 0 Å². The molecule has 0 N–H and O–H groups in total. The molecule has 1 rings (SSSR count). The van der Waals surface area contributed by atoms with E-state index in [4.69, 9.17) is 16.3 Å². The summed E-state index contributed by atoms with van der Waals surface area (Å²) in [4.78, 5) is 24.9. The van der Waals surface area contributed by atoms with Gasteiger partial charge in [0.05, 0.1) is 13.0 Å². The lowest BCUT2D eigenvalue weighted by molar-refractivity contribution is -0.143. The highest BCUT2D eigenvalue weighted by atomic mass is 35.5. The predicted octanol–water partition coefficient (Wildman–Crippen LogP) is 2.67. The van der Waals surface area contributed by atoms with Crippen LogP contribution in [0.4, 0.5) is 0 Å². The lowest BCUT2D eigenvalue weighted by Crippen LogP contribution is -2.29. The third-order valence-electron chi connectivity index (χ3n) is 2.72. The lowest BCUT2D eigenvalue weighted by Gasteiger charge is -2.18. The number of carbonyl (C=O) groups excluding carboxylic acids is 2. The van der Waals surface area contributed by atoms with Gasteiger partial charge in [0.15, 0.2) is 0 Å². The Morgan fingerprint density at radius 1 is 1.37 bits per heavy atom. The fraction of sp³-hybridized carbons (Fsp3) is 0.429. The van der Waals surface area contributed by atoms with E-state index in [1.807, 2.05) is 6.92 Å². The van der Waals surface area contributed by atoms with Crippen LogP contribution in [0.2, 0.25) is 5.02 Å². The molecule has 0 aliphatic rings. The van der Waals surface area contributed by atoms with Crippen molar-refractivity contribution >= 4 is 23.5 Å². The minimum atomic E-state index is -0.296. The van der Waals surface area contributed by atoms with Gasteiger partial charge in [-0.15, -0.1) is 0 Å². The van der Waals surface area contributed by atoms with E-state index in [2.05, 4.69) is 0 Å². The van der Waals surface area contributed by atoms with Crippen LogP contribution in [0, 0.1) is 6.92 Å². The second-order valence-corrected chi connectivity index (χ2v) is 4.68. The smallest absolute Gasteiger partial charge is 0.307 e. The largest absolute Gasteiger partial charge is 0.466 e. The molecule has 1 aromatic carbocycles. The number of carbonyl (C=O) groups is 2. The van der Waals surface area contributed by atoms with E-state index in [-0.39, 0.29) is 18.3 Å². The van der Waals surface area contributed by atoms with E-state index in [1.165, 1.54) is 4.90 Å². The van der Waals surface area contributed by atoms with Crippen molar-refractivity contribution in [2.75, 3.05) is 20.2 Å². The highest BCUT2D eigenvalue weighted by Crippen LogP contribution is 2.16. The molecule has 0 saturated heterocycles. The van der Waals surface area contributed by atoms with Crippen LogP contribution in [0.3, 0.4) is 0 Å². The van der Waals surface area contributed by atoms with Gasteiger partial charge in [0.1, 0.15) is 0 Å². The summed E-state index contributed by atoms with van der Waals surface area (Å²) in [7, 11) is 1.66. The molecule has 4 nitrogen and oxygen atoms in total. The number of halogens is 1. The van der Waals surface area contributed by atoms with Crippen LogP contribution in [0.1, 0.15) is 29.3 Å². The number of aryl methyl sites for hydroxylation is 1. The molecular weight excluding hydrogens is 266 g/mol. The van der Waals surface area contributed by atoms with E-state index >= 15 is 0 Å². The highest BCUT2D eigenvalue weighted by molar-refractivity contribution is 6.30. The Kier molecular flexibility index (Phi) is 5.83. The first-order chi connectivity index (χ1) is 8.95. The molecule has 1 aromatic rings. The molecule has 0 aliphatic heterocycles. The van der Waals surface area contributed by atoms with Crippen LogP contribution < -0.4 is 0 Å². The van der Waals surface area contributed by atoms with Gasteiger partial charge in [-0.3, -0.25) is 9.59 Å². The third kappa shape index (κ3) is 4.56. The topological polar surface area (TPSA) is 46.6 Å². The monoisotopic (exact) mass is 283 g/mol. The molecule has 0 heterocycles. The van der Waals surface area contributed by atoms with Gasteiger partial charge < -0.3 is 9.64 Å². The molecule has 19 heavy (non-hydrogen) atoms. The molecule has 0 radical (unpaired) electrons. The molecule has 1 amide bonds. The van der Waals surface area contributed by atoms with Gasteiger partial charge in [-0.25, -0.2) is 0 Å². The van der Waals surface area contributed by atoms with Crippen LogP contribution in [-0.4, -0.2) is 37.0 Å². The Balaban J connectivity index is 2.64. The van der Waals surface area contributed by atoms with Crippen molar-refractivity contribution in [1.29, 1.82) is 0 Å². The van der Waals surface area contributed by atoms with Gasteiger partial charge in [0.2, 0.25) is 0 Å². The zero-order valence-electron chi connectivity index (χ0n) is 11.4. The summed E-state index contributed by atoms with van der Waals surface area (Å²) in [5.41, 5.74) is 1.41. The maximum absolute atomic E-state index is 12.2. The van der Waals surface area contributed by atoms with E-state index in [9.17, 15) is 9.59 Å². The highest BCUT2D eigenvalue weighted by Gasteiger charge is 2.15. The molecule has 0 aliphatic carbocycles. The minimum absolute atomic E-state index is 0.126. The Morgan fingerprint density at radius 3 is 2.63 bits per heavy atom. The first-order valence-electron chi connectivity index (χ1n) is 6.13. The van der Waals surface area contributed by atoms with Crippen LogP contribution >= 0.6 is 11.6 Å². The average molecular weight is 284 g/mol. The molecule has 0 spiro atoms. The minimum Gasteiger partial charge on any atom is -0.466 e. The van der Waals surface area contributed by atoms with Gasteiger partial charge in [0.25, 0.3) is 5.91 Å². The van der Waals surface area contributed by atoms with Crippen LogP contribution in [0.25, 0.3) is 0 Å². The summed E-state index contributed by atoms with van der Waals surface area (Å²) in [5, 5.41) is 0.600. The summed E-state index contributed by atoms with van der Waals surface area (Å²) in [5.74, 6) is -0.423. The summed E-state index contributed by atoms with van der Waals surface area (Å²) in [6.07, 6.45) is 0.197. The lowest BCUT2D eigenvalue weighted by atomic mass is 10.1. The molecule has 0 unspecified atom stereocenters. The molecule has 0 atom stereocenters. The van der Waals surface area contributed by atoms with Crippen molar-refractivity contribution in [1.82, 2.24) is 4.90 Å². The number of nitrogens with zero attached hydrogens (tertiary/aromatic N) is 1. The Bertz CT molecular complexity index is 474. The number of ether oxygens (including phenoxy) is 1. The van der Waals surface area contributed by atoms with E-state index in [0.29, 0.717) is 23.7 Å². The summed E-state index contributed by atoms with van der Waals surface area (Å²) < 4.78 is 4.82. The Labute approximate surface area is 118 Å². The summed E-state index contributed by atoms with van der Waals surface area (Å²) >= 11 is 5.85. The maximum atomic E-state index is 12.2. The Hall–Kier alpha value is -1.55. The van der Waals surface area contributed by atoms with Gasteiger partial charge in [-0.1, -0.05) is 11.6 Å². The van der Waals surface area contributed by atoms with Crippen molar-refractivity contribution in [2.24, 2.45) is 0 Å². The van der Waals surface area contributed by atoms with Crippen molar-refractivity contribution in [3.63, 3.8) is 0 Å². The fourth-order valence-corrected chi connectivity index (χ4v) is 1.89. The van der Waals surface area contributed by atoms with Gasteiger partial charge in [-0.2, -0.15) is 0 Å². The number of hydrogen-bond acceptors (Lipinski definition) is 3. The summed E-state index contributed by atoms with van der Waals surface area (Å²) in [6, 6.07) is 5.12. The summed E-state index contributed by atoms with van der Waals surface area (Å²) in [6.45, 7) is 4.27. The SMILES string of the molecule is CCOC(=O)CCN(C)C(=O)c1ccc(Cl)cc1C. The van der Waals surface area contributed by atoms with Crippen molar-refractivity contribution in [3.05, 3.63) is 34.3 Å². The number of hydrogen-bond donors (Lipinski definition) is 0. The number of amides is 1. The van der Waals surface area contributed by atoms with E-state index < -0.39 is 0 Å². The van der Waals surface area contributed by atoms with Crippen LogP contribution in [0.5, 0.6) is 0 Å². The number of benzene rings is 1. The standard InChI is InChI=1S/C14H18ClNO3/c1-4-19-13(17)7-8-16(3)14(18)12-6-5-11(15)9-10(12)2/h5-6,9H,4,7-8H2,1-3H3. The number of esters is 1. The van der Waals surface area contributed by atoms with Crippen LogP contribution in [-0.2, 0) is 9.53 Å². The fourth-order valence-electron chi connectivity index (χ4n) is 1.67. The van der Waals surface area contributed by atoms with Gasteiger partial charge in [-0.05, 0) is 37.6 Å². The molecule has 104 valence electrons. The van der Waals surface area contributed by atoms with Gasteiger partial charge >= 0.3 is 5.97 Å². The van der Waals surface area contributed by atoms with Crippen molar-refractivity contribution < 1.29 is 14.3 Å². The first-order valence-corrected chi connectivity index (χ1v) is 6.50. The quantitative estimate of drug-likeness (QED) is 0.781. The third-order valence-corrected chi connectivity index (χ3v) is 2.96. The maximum Gasteiger partial charge on any atom is 0.307 e. The average Bonchev–Trinajstić information content (AvgIpc) is 2.35. The zero-order valence-corrected chi connectivity index (χ0v) is 12.2. The molecule has 0 aromatic heterocycles. The molecule has 5 heteroatoms. The number of rotatable bonds is 5. The van der Waals surface area contributed by atoms with Crippen LogP contribution in [0.15, 0.2) is 18.2 Å². The Morgan fingerprint density at radius 2 is 2.05 bits per heavy atom. The molecule has 0 fully saturated rings. The second-order valence-electron chi connectivity index (χ2n) is 4.24. The molecule has 0 saturated carbocycles. The van der Waals surface area contributed by atoms with Crippen molar-refractivity contribution in [2.45, 2.75) is 20.3 Å². The normalized spacial score (nSPS) is 10.1. The van der Waals surface area contributed by atoms with E-state index in [1.54, 1.807) is 32.2 Å². The predicted molar refractivity (Wildman–Crippen MR) is 74.4 cm³/mol. The second kappa shape index (κ2) is 7.14. The first kappa shape index (κ1) is 15.5. The zero-order chi connectivity index (χ0) is 14.4. The van der Waals surface area contributed by atoms with E-state index in [0.717, 1.165) is 5.56 Å². The molecule has 0 bridgehead atoms. The molecular formula is C14H18ClNO3.